The van der Waals surface area contributed by atoms with Crippen molar-refractivity contribution in [3.05, 3.63) is 83.4 Å². The second kappa shape index (κ2) is 5.91. The Morgan fingerprint density at radius 2 is 1.85 bits per heavy atom. The molecular weight excluding hydrogens is 318 g/mol. The number of fused-ring (bicyclic) bond motifs is 4. The maximum absolute atomic E-state index is 5.70. The average Bonchev–Trinajstić information content (AvgIpc) is 3.17. The Morgan fingerprint density at radius 3 is 2.73 bits per heavy atom. The number of allylic oxidation sites excluding steroid dienone is 2. The zero-order valence-electron chi connectivity index (χ0n) is 15.2. The Hall–Kier alpha value is -2.74. The molecule has 2 aliphatic rings. The van der Waals surface area contributed by atoms with Gasteiger partial charge >= 0.3 is 0 Å². The fraction of sp³-hybridized carbons (Fsp3) is 0.250. The number of rotatable bonds is 2. The molecule has 3 aromatic carbocycles. The lowest BCUT2D eigenvalue weighted by molar-refractivity contribution is 0.397. The van der Waals surface area contributed by atoms with Crippen LogP contribution >= 0.6 is 0 Å². The Bertz CT molecular complexity index is 1010. The highest BCUT2D eigenvalue weighted by molar-refractivity contribution is 5.87. The van der Waals surface area contributed by atoms with Gasteiger partial charge in [0.1, 0.15) is 5.75 Å². The summed E-state index contributed by atoms with van der Waals surface area (Å²) < 4.78 is 5.70. The molecule has 0 saturated heterocycles. The van der Waals surface area contributed by atoms with E-state index in [1.54, 1.807) is 7.11 Å². The van der Waals surface area contributed by atoms with Crippen molar-refractivity contribution in [2.24, 2.45) is 5.92 Å². The molecule has 0 bridgehead atoms. The third-order valence-corrected chi connectivity index (χ3v) is 6.08. The second-order valence-corrected chi connectivity index (χ2v) is 7.42. The third kappa shape index (κ3) is 2.18. The van der Waals surface area contributed by atoms with Crippen LogP contribution in [0.1, 0.15) is 35.1 Å². The normalized spacial score (nSPS) is 23.4. The molecular formula is C24H23NO. The van der Waals surface area contributed by atoms with Gasteiger partial charge in [0, 0.05) is 5.92 Å². The molecule has 1 N–H and O–H groups in total. The smallest absolute Gasteiger partial charge is 0.142 e. The number of anilines is 1. The number of ether oxygens (including phenoxy) is 1. The number of benzene rings is 3. The molecule has 2 nitrogen and oxygen atoms in total. The fourth-order valence-electron chi connectivity index (χ4n) is 4.87. The molecule has 1 aliphatic carbocycles. The predicted octanol–water partition coefficient (Wildman–Crippen LogP) is 5.98. The van der Waals surface area contributed by atoms with Crippen molar-refractivity contribution in [3.63, 3.8) is 0 Å². The summed E-state index contributed by atoms with van der Waals surface area (Å²) >= 11 is 0. The van der Waals surface area contributed by atoms with Crippen molar-refractivity contribution in [1.82, 2.24) is 0 Å². The highest BCUT2D eigenvalue weighted by Crippen LogP contribution is 2.53. The maximum Gasteiger partial charge on any atom is 0.142 e. The summed E-state index contributed by atoms with van der Waals surface area (Å²) in [4.78, 5) is 0. The van der Waals surface area contributed by atoms with E-state index >= 15 is 0 Å². The molecule has 0 unspecified atom stereocenters. The minimum atomic E-state index is 0.282. The van der Waals surface area contributed by atoms with E-state index in [4.69, 9.17) is 4.74 Å². The molecule has 1 heterocycles. The third-order valence-electron chi connectivity index (χ3n) is 6.08. The summed E-state index contributed by atoms with van der Waals surface area (Å²) in [6.07, 6.45) is 5.86. The van der Waals surface area contributed by atoms with E-state index in [9.17, 15) is 0 Å². The first kappa shape index (κ1) is 15.5. The number of hydrogen-bond acceptors (Lipinski definition) is 2. The van der Waals surface area contributed by atoms with Gasteiger partial charge in [0.2, 0.25) is 0 Å². The topological polar surface area (TPSA) is 21.3 Å². The summed E-state index contributed by atoms with van der Waals surface area (Å²) in [6, 6.07) is 19.9. The van der Waals surface area contributed by atoms with Gasteiger partial charge in [-0.15, -0.1) is 0 Å². The molecule has 3 atom stereocenters. The Morgan fingerprint density at radius 1 is 1.00 bits per heavy atom. The Labute approximate surface area is 154 Å². The van der Waals surface area contributed by atoms with Crippen molar-refractivity contribution >= 4 is 16.5 Å². The lowest BCUT2D eigenvalue weighted by Crippen LogP contribution is -2.30. The van der Waals surface area contributed by atoms with Gasteiger partial charge in [0.05, 0.1) is 18.8 Å². The summed E-state index contributed by atoms with van der Waals surface area (Å²) in [5.41, 5.74) is 5.29. The van der Waals surface area contributed by atoms with Crippen LogP contribution in [0.5, 0.6) is 5.75 Å². The minimum absolute atomic E-state index is 0.282. The van der Waals surface area contributed by atoms with Crippen molar-refractivity contribution in [2.45, 2.75) is 25.3 Å². The van der Waals surface area contributed by atoms with Crippen LogP contribution in [0, 0.1) is 12.8 Å². The van der Waals surface area contributed by atoms with E-state index in [0.29, 0.717) is 11.8 Å². The van der Waals surface area contributed by atoms with Crippen LogP contribution in [0.2, 0.25) is 0 Å². The first-order chi connectivity index (χ1) is 12.8. The summed E-state index contributed by atoms with van der Waals surface area (Å²) in [6.45, 7) is 2.21. The van der Waals surface area contributed by atoms with E-state index in [0.717, 1.165) is 12.2 Å². The predicted molar refractivity (Wildman–Crippen MR) is 108 cm³/mol. The molecule has 0 fully saturated rings. The van der Waals surface area contributed by atoms with Gasteiger partial charge in [-0.2, -0.15) is 0 Å². The van der Waals surface area contributed by atoms with Gasteiger partial charge in [-0.05, 0) is 52.8 Å². The van der Waals surface area contributed by atoms with Crippen LogP contribution in [0.4, 0.5) is 5.69 Å². The SMILES string of the molecule is COc1ccc(C)c2c1N[C@@H](c1cccc3ccccc13)[C@H]1CC=C[C@@H]21. The number of aryl methyl sites for hydroxylation is 1. The average molecular weight is 341 g/mol. The molecule has 0 aromatic heterocycles. The van der Waals surface area contributed by atoms with Crippen LogP contribution in [-0.2, 0) is 0 Å². The highest BCUT2D eigenvalue weighted by atomic mass is 16.5. The zero-order valence-corrected chi connectivity index (χ0v) is 15.2. The summed E-state index contributed by atoms with van der Waals surface area (Å²) in [5.74, 6) is 1.93. The molecule has 130 valence electrons. The van der Waals surface area contributed by atoms with Crippen LogP contribution in [-0.4, -0.2) is 7.11 Å². The lowest BCUT2D eigenvalue weighted by Gasteiger charge is -2.39. The molecule has 0 amide bonds. The van der Waals surface area contributed by atoms with E-state index < -0.39 is 0 Å². The lowest BCUT2D eigenvalue weighted by atomic mass is 9.75. The maximum atomic E-state index is 5.70. The number of nitrogens with one attached hydrogen (secondary N) is 1. The first-order valence-electron chi connectivity index (χ1n) is 9.36. The van der Waals surface area contributed by atoms with Crippen LogP contribution in [0.25, 0.3) is 10.8 Å². The molecule has 3 aromatic rings. The van der Waals surface area contributed by atoms with E-state index in [-0.39, 0.29) is 6.04 Å². The molecule has 26 heavy (non-hydrogen) atoms. The fourth-order valence-corrected chi connectivity index (χ4v) is 4.87. The van der Waals surface area contributed by atoms with Crippen molar-refractivity contribution in [1.29, 1.82) is 0 Å². The van der Waals surface area contributed by atoms with Gasteiger partial charge in [0.15, 0.2) is 0 Å². The quantitative estimate of drug-likeness (QED) is 0.579. The van der Waals surface area contributed by atoms with Crippen molar-refractivity contribution in [2.75, 3.05) is 12.4 Å². The molecule has 5 rings (SSSR count). The standard InChI is InChI=1S/C24H23NO/c1-15-13-14-21(26-2)24-22(15)18-10-6-12-20(18)23(25-24)19-11-5-8-16-7-3-4-9-17(16)19/h3-11,13-14,18,20,23,25H,12H2,1-2H3/t18-,20+,23+/m1/s1. The monoisotopic (exact) mass is 341 g/mol. The van der Waals surface area contributed by atoms with E-state index in [1.165, 1.54) is 33.2 Å². The summed E-state index contributed by atoms with van der Waals surface area (Å²) in [7, 11) is 1.76. The van der Waals surface area contributed by atoms with E-state index in [1.807, 2.05) is 0 Å². The second-order valence-electron chi connectivity index (χ2n) is 7.42. The minimum Gasteiger partial charge on any atom is -0.495 e. The van der Waals surface area contributed by atoms with Crippen LogP contribution in [0.3, 0.4) is 0 Å². The molecule has 0 spiro atoms. The van der Waals surface area contributed by atoms with Gasteiger partial charge < -0.3 is 10.1 Å². The van der Waals surface area contributed by atoms with E-state index in [2.05, 4.69) is 79.0 Å². The summed E-state index contributed by atoms with van der Waals surface area (Å²) in [5, 5.41) is 6.52. The van der Waals surface area contributed by atoms with Crippen molar-refractivity contribution in [3.8, 4) is 5.75 Å². The Kier molecular flexibility index (Phi) is 3.53. The largest absolute Gasteiger partial charge is 0.495 e. The van der Waals surface area contributed by atoms with Crippen LogP contribution < -0.4 is 10.1 Å². The van der Waals surface area contributed by atoms with Crippen LogP contribution in [0.15, 0.2) is 66.7 Å². The molecule has 1 aliphatic heterocycles. The van der Waals surface area contributed by atoms with Gasteiger partial charge in [-0.1, -0.05) is 60.7 Å². The van der Waals surface area contributed by atoms with Gasteiger partial charge in [-0.25, -0.2) is 0 Å². The van der Waals surface area contributed by atoms with Gasteiger partial charge in [-0.3, -0.25) is 0 Å². The molecule has 0 radical (unpaired) electrons. The first-order valence-corrected chi connectivity index (χ1v) is 9.36. The molecule has 0 saturated carbocycles. The highest BCUT2D eigenvalue weighted by Gasteiger charge is 2.40. The zero-order chi connectivity index (χ0) is 17.7. The van der Waals surface area contributed by atoms with Gasteiger partial charge in [0.25, 0.3) is 0 Å². The van der Waals surface area contributed by atoms with Crippen molar-refractivity contribution < 1.29 is 4.74 Å². The Balaban J connectivity index is 1.71. The number of methoxy groups -OCH3 is 1. The molecule has 2 heteroatoms. The number of hydrogen-bond donors (Lipinski definition) is 1.